The van der Waals surface area contributed by atoms with E-state index in [2.05, 4.69) is 5.32 Å². The molecule has 0 atom stereocenters. The number of benzene rings is 2. The number of hydrogen-bond donors (Lipinski definition) is 2. The number of nitrogen functional groups attached to an aromatic ring is 1. The van der Waals surface area contributed by atoms with Crippen molar-refractivity contribution in [2.75, 3.05) is 18.2 Å². The van der Waals surface area contributed by atoms with Crippen molar-refractivity contribution in [3.8, 4) is 5.75 Å². The molecule has 0 aliphatic heterocycles. The molecule has 3 N–H and O–H groups in total. The van der Waals surface area contributed by atoms with E-state index in [1.54, 1.807) is 13.2 Å². The highest BCUT2D eigenvalue weighted by Gasteiger charge is 2.03. The van der Waals surface area contributed by atoms with Crippen LogP contribution in [0.1, 0.15) is 10.4 Å². The minimum atomic E-state index is -1.25. The lowest BCUT2D eigenvalue weighted by atomic mass is 10.1. The van der Waals surface area contributed by atoms with E-state index in [0.717, 1.165) is 11.4 Å². The van der Waals surface area contributed by atoms with Crippen molar-refractivity contribution in [2.24, 2.45) is 0 Å². The van der Waals surface area contributed by atoms with E-state index in [0.29, 0.717) is 11.4 Å². The Kier molecular flexibility index (Phi) is 3.56. The lowest BCUT2D eigenvalue weighted by Gasteiger charge is -2.12. The van der Waals surface area contributed by atoms with Gasteiger partial charge in [0.15, 0.2) is 0 Å². The molecule has 0 radical (unpaired) electrons. The van der Waals surface area contributed by atoms with Crippen molar-refractivity contribution in [1.82, 2.24) is 0 Å². The summed E-state index contributed by atoms with van der Waals surface area (Å²) in [6.45, 7) is 0. The van der Waals surface area contributed by atoms with Gasteiger partial charge in [-0.2, -0.15) is 0 Å². The normalized spacial score (nSPS) is 9.95. The summed E-state index contributed by atoms with van der Waals surface area (Å²) in [7, 11) is 1.59. The van der Waals surface area contributed by atoms with Gasteiger partial charge in [-0.25, -0.2) is 0 Å². The molecule has 0 aliphatic carbocycles. The number of carbonyl (C=O) groups excluding carboxylic acids is 1. The van der Waals surface area contributed by atoms with Gasteiger partial charge in [-0.3, -0.25) is 0 Å². The second-order valence-electron chi connectivity index (χ2n) is 3.95. The van der Waals surface area contributed by atoms with Crippen molar-refractivity contribution in [2.45, 2.75) is 0 Å². The number of carbonyl (C=O) groups is 1. The monoisotopic (exact) mass is 257 g/mol. The van der Waals surface area contributed by atoms with Crippen LogP contribution in [0.15, 0.2) is 42.5 Å². The number of aromatic carboxylic acids is 1. The van der Waals surface area contributed by atoms with Gasteiger partial charge in [-0.05, 0) is 29.8 Å². The number of ether oxygens (including phenoxy) is 1. The van der Waals surface area contributed by atoms with Gasteiger partial charge >= 0.3 is 0 Å². The quantitative estimate of drug-likeness (QED) is 0.808. The van der Waals surface area contributed by atoms with Gasteiger partial charge in [0.25, 0.3) is 0 Å². The predicted octanol–water partition coefficient (Wildman–Crippen LogP) is 1.38. The Morgan fingerprint density at radius 2 is 2.05 bits per heavy atom. The predicted molar refractivity (Wildman–Crippen MR) is 71.5 cm³/mol. The van der Waals surface area contributed by atoms with Gasteiger partial charge in [-0.15, -0.1) is 0 Å². The number of hydrogen-bond acceptors (Lipinski definition) is 5. The van der Waals surface area contributed by atoms with Crippen LogP contribution in [0.3, 0.4) is 0 Å². The Morgan fingerprint density at radius 3 is 2.68 bits per heavy atom. The fraction of sp³-hybridized carbons (Fsp3) is 0.0714. The number of nitrogens with two attached hydrogens (primary N) is 1. The van der Waals surface area contributed by atoms with Crippen LogP contribution in [0.5, 0.6) is 5.75 Å². The molecule has 2 aromatic rings. The van der Waals surface area contributed by atoms with Gasteiger partial charge in [-0.1, -0.05) is 12.1 Å². The molecule has 0 aromatic heterocycles. The zero-order chi connectivity index (χ0) is 13.8. The molecular formula is C14H13N2O3-. The first kappa shape index (κ1) is 12.8. The van der Waals surface area contributed by atoms with Gasteiger partial charge in [0.2, 0.25) is 0 Å². The molecule has 5 heteroatoms. The van der Waals surface area contributed by atoms with Crippen LogP contribution in [-0.4, -0.2) is 13.1 Å². The smallest absolute Gasteiger partial charge is 0.120 e. The molecule has 0 unspecified atom stereocenters. The first-order valence-corrected chi connectivity index (χ1v) is 5.62. The highest BCUT2D eigenvalue weighted by molar-refractivity contribution is 5.89. The number of carboxylic acids is 1. The van der Waals surface area contributed by atoms with Crippen LogP contribution in [0.2, 0.25) is 0 Å². The standard InChI is InChI=1S/C14H14N2O3/c1-19-11-4-2-3-10(8-11)16-13-6-5-9(14(17)18)7-12(13)15/h2-8,16H,15H2,1H3,(H,17,18)/p-1. The number of nitrogens with one attached hydrogen (secondary N) is 1. The first-order valence-electron chi connectivity index (χ1n) is 5.62. The summed E-state index contributed by atoms with van der Waals surface area (Å²) in [5.74, 6) is -0.533. The van der Waals surface area contributed by atoms with Crippen LogP contribution >= 0.6 is 0 Å². The number of rotatable bonds is 4. The minimum absolute atomic E-state index is 0.0497. The fourth-order valence-corrected chi connectivity index (χ4v) is 1.66. The Morgan fingerprint density at radius 1 is 1.26 bits per heavy atom. The molecule has 98 valence electrons. The second-order valence-corrected chi connectivity index (χ2v) is 3.95. The molecule has 2 aromatic carbocycles. The Labute approximate surface area is 110 Å². The lowest BCUT2D eigenvalue weighted by molar-refractivity contribution is -0.255. The second kappa shape index (κ2) is 5.30. The van der Waals surface area contributed by atoms with Crippen LogP contribution in [0, 0.1) is 0 Å². The molecule has 0 heterocycles. The minimum Gasteiger partial charge on any atom is -0.545 e. The van der Waals surface area contributed by atoms with E-state index in [-0.39, 0.29) is 5.56 Å². The first-order chi connectivity index (χ1) is 9.10. The van der Waals surface area contributed by atoms with Crippen molar-refractivity contribution >= 4 is 23.0 Å². The maximum Gasteiger partial charge on any atom is 0.120 e. The Balaban J connectivity index is 2.25. The average Bonchev–Trinajstić information content (AvgIpc) is 2.41. The summed E-state index contributed by atoms with van der Waals surface area (Å²) in [5.41, 5.74) is 7.60. The van der Waals surface area contributed by atoms with Gasteiger partial charge in [0.1, 0.15) is 5.75 Å². The van der Waals surface area contributed by atoms with Gasteiger partial charge < -0.3 is 25.7 Å². The average molecular weight is 257 g/mol. The summed E-state index contributed by atoms with van der Waals surface area (Å²) in [6, 6.07) is 11.7. The third-order valence-electron chi connectivity index (χ3n) is 2.64. The van der Waals surface area contributed by atoms with E-state index < -0.39 is 5.97 Å². The van der Waals surface area contributed by atoms with E-state index in [1.807, 2.05) is 24.3 Å². The number of anilines is 3. The van der Waals surface area contributed by atoms with Crippen molar-refractivity contribution < 1.29 is 14.6 Å². The SMILES string of the molecule is COc1cccc(Nc2ccc(C(=O)[O-])cc2N)c1. The molecule has 0 amide bonds. The molecule has 5 nitrogen and oxygen atoms in total. The number of carboxylic acid groups (broad SMARTS) is 1. The maximum absolute atomic E-state index is 10.7. The summed E-state index contributed by atoms with van der Waals surface area (Å²) >= 11 is 0. The lowest BCUT2D eigenvalue weighted by Crippen LogP contribution is -2.22. The van der Waals surface area contributed by atoms with E-state index in [1.165, 1.54) is 12.1 Å². The third-order valence-corrected chi connectivity index (χ3v) is 2.64. The summed E-state index contributed by atoms with van der Waals surface area (Å²) in [5, 5.41) is 13.8. The number of methoxy groups -OCH3 is 1. The van der Waals surface area contributed by atoms with Crippen molar-refractivity contribution in [1.29, 1.82) is 0 Å². The highest BCUT2D eigenvalue weighted by Crippen LogP contribution is 2.26. The molecule has 0 aliphatic rings. The Bertz CT molecular complexity index is 611. The zero-order valence-electron chi connectivity index (χ0n) is 10.3. The van der Waals surface area contributed by atoms with Gasteiger partial charge in [0.05, 0.1) is 24.5 Å². The van der Waals surface area contributed by atoms with E-state index >= 15 is 0 Å². The third kappa shape index (κ3) is 2.95. The zero-order valence-corrected chi connectivity index (χ0v) is 10.3. The Hall–Kier alpha value is -2.69. The fourth-order valence-electron chi connectivity index (χ4n) is 1.66. The van der Waals surface area contributed by atoms with Gasteiger partial charge in [0, 0.05) is 11.8 Å². The highest BCUT2D eigenvalue weighted by atomic mass is 16.5. The van der Waals surface area contributed by atoms with Crippen LogP contribution in [0.4, 0.5) is 17.1 Å². The molecule has 0 spiro atoms. The van der Waals surface area contributed by atoms with E-state index in [4.69, 9.17) is 10.5 Å². The van der Waals surface area contributed by atoms with Crippen molar-refractivity contribution in [3.63, 3.8) is 0 Å². The molecule has 2 rings (SSSR count). The van der Waals surface area contributed by atoms with Crippen LogP contribution in [0.25, 0.3) is 0 Å². The molecule has 0 saturated carbocycles. The van der Waals surface area contributed by atoms with Crippen LogP contribution < -0.4 is 20.9 Å². The van der Waals surface area contributed by atoms with E-state index in [9.17, 15) is 9.90 Å². The van der Waals surface area contributed by atoms with Crippen molar-refractivity contribution in [3.05, 3.63) is 48.0 Å². The maximum atomic E-state index is 10.7. The molecule has 0 saturated heterocycles. The van der Waals surface area contributed by atoms with Crippen LogP contribution in [-0.2, 0) is 0 Å². The molecule has 19 heavy (non-hydrogen) atoms. The molecule has 0 bridgehead atoms. The summed E-state index contributed by atoms with van der Waals surface area (Å²) in [4.78, 5) is 10.7. The summed E-state index contributed by atoms with van der Waals surface area (Å²) in [6.07, 6.45) is 0. The topological polar surface area (TPSA) is 87.4 Å². The molecule has 0 fully saturated rings. The largest absolute Gasteiger partial charge is 0.545 e. The summed E-state index contributed by atoms with van der Waals surface area (Å²) < 4.78 is 5.12. The molecular weight excluding hydrogens is 244 g/mol.